The number of hydrogen-bond acceptors (Lipinski definition) is 2. The summed E-state index contributed by atoms with van der Waals surface area (Å²) in [5, 5.41) is 0. The van der Waals surface area contributed by atoms with Gasteiger partial charge in [-0.2, -0.15) is 0 Å². The molecule has 0 bridgehead atoms. The third-order valence-electron chi connectivity index (χ3n) is 2.42. The van der Waals surface area contributed by atoms with Gasteiger partial charge in [-0.1, -0.05) is 19.1 Å². The standard InChI is InChI=1S/C12H17ClFNO2S/c1-10(8-13)9-18(16,17)15-7-6-11-2-4-12(14)5-3-11/h2-5,10,15H,6-9H2,1H3. The molecule has 3 nitrogen and oxygen atoms in total. The lowest BCUT2D eigenvalue weighted by Gasteiger charge is -2.10. The minimum Gasteiger partial charge on any atom is -0.215 e. The van der Waals surface area contributed by atoms with Crippen molar-refractivity contribution in [1.29, 1.82) is 0 Å². The number of sulfonamides is 1. The van der Waals surface area contributed by atoms with E-state index in [1.807, 2.05) is 0 Å². The number of benzene rings is 1. The lowest BCUT2D eigenvalue weighted by atomic mass is 10.1. The Hall–Kier alpha value is -0.650. The molecular weight excluding hydrogens is 277 g/mol. The van der Waals surface area contributed by atoms with Crippen molar-refractivity contribution in [3.05, 3.63) is 35.6 Å². The molecule has 18 heavy (non-hydrogen) atoms. The molecule has 1 aromatic rings. The van der Waals surface area contributed by atoms with Gasteiger partial charge in [0.05, 0.1) is 5.75 Å². The van der Waals surface area contributed by atoms with Crippen LogP contribution in [0.1, 0.15) is 12.5 Å². The molecule has 0 aliphatic rings. The fourth-order valence-electron chi connectivity index (χ4n) is 1.48. The van der Waals surface area contributed by atoms with Crippen molar-refractivity contribution in [3.8, 4) is 0 Å². The van der Waals surface area contributed by atoms with E-state index in [2.05, 4.69) is 4.72 Å². The van der Waals surface area contributed by atoms with E-state index in [1.54, 1.807) is 19.1 Å². The minimum atomic E-state index is -3.28. The van der Waals surface area contributed by atoms with E-state index in [0.29, 0.717) is 18.8 Å². The van der Waals surface area contributed by atoms with E-state index in [4.69, 9.17) is 11.6 Å². The van der Waals surface area contributed by atoms with E-state index >= 15 is 0 Å². The largest absolute Gasteiger partial charge is 0.215 e. The van der Waals surface area contributed by atoms with Gasteiger partial charge in [0.1, 0.15) is 5.82 Å². The highest BCUT2D eigenvalue weighted by atomic mass is 35.5. The molecule has 1 unspecified atom stereocenters. The molecule has 0 saturated carbocycles. The van der Waals surface area contributed by atoms with Gasteiger partial charge in [-0.3, -0.25) is 0 Å². The van der Waals surface area contributed by atoms with Gasteiger partial charge in [-0.25, -0.2) is 17.5 Å². The summed E-state index contributed by atoms with van der Waals surface area (Å²) in [7, 11) is -3.28. The molecule has 1 rings (SSSR count). The molecule has 1 aromatic carbocycles. The van der Waals surface area contributed by atoms with Gasteiger partial charge < -0.3 is 0 Å². The molecule has 0 saturated heterocycles. The summed E-state index contributed by atoms with van der Waals surface area (Å²) in [6, 6.07) is 6.01. The monoisotopic (exact) mass is 293 g/mol. The minimum absolute atomic E-state index is 0.0277. The Kier molecular flexibility index (Phi) is 6.05. The highest BCUT2D eigenvalue weighted by Gasteiger charge is 2.14. The molecule has 102 valence electrons. The molecule has 0 fully saturated rings. The maximum absolute atomic E-state index is 12.7. The molecule has 1 N–H and O–H groups in total. The van der Waals surface area contributed by atoms with E-state index in [-0.39, 0.29) is 17.5 Å². The topological polar surface area (TPSA) is 46.2 Å². The third kappa shape index (κ3) is 5.80. The number of rotatable bonds is 7. The van der Waals surface area contributed by atoms with Crippen LogP contribution in [0, 0.1) is 11.7 Å². The van der Waals surface area contributed by atoms with Gasteiger partial charge in [-0.05, 0) is 30.0 Å². The van der Waals surface area contributed by atoms with Crippen LogP contribution >= 0.6 is 11.6 Å². The maximum atomic E-state index is 12.7. The second kappa shape index (κ2) is 7.07. The van der Waals surface area contributed by atoms with Crippen molar-refractivity contribution < 1.29 is 12.8 Å². The Morgan fingerprint density at radius 2 is 1.94 bits per heavy atom. The molecule has 0 spiro atoms. The van der Waals surface area contributed by atoms with Crippen LogP contribution in [0.25, 0.3) is 0 Å². The van der Waals surface area contributed by atoms with Crippen LogP contribution < -0.4 is 4.72 Å². The number of halogens is 2. The fraction of sp³-hybridized carbons (Fsp3) is 0.500. The lowest BCUT2D eigenvalue weighted by Crippen LogP contribution is -2.31. The highest BCUT2D eigenvalue weighted by molar-refractivity contribution is 7.89. The number of alkyl halides is 1. The van der Waals surface area contributed by atoms with E-state index < -0.39 is 10.0 Å². The summed E-state index contributed by atoms with van der Waals surface area (Å²) in [5.74, 6) is -0.0241. The van der Waals surface area contributed by atoms with Crippen LogP contribution in [0.3, 0.4) is 0 Å². The predicted molar refractivity (Wildman–Crippen MR) is 71.8 cm³/mol. The maximum Gasteiger partial charge on any atom is 0.211 e. The zero-order chi connectivity index (χ0) is 13.6. The van der Waals surface area contributed by atoms with Gasteiger partial charge in [0.15, 0.2) is 0 Å². The summed E-state index contributed by atoms with van der Waals surface area (Å²) >= 11 is 5.58. The van der Waals surface area contributed by atoms with Crippen LogP contribution in [0.5, 0.6) is 0 Å². The second-order valence-electron chi connectivity index (χ2n) is 4.31. The summed E-state index contributed by atoms with van der Waals surface area (Å²) < 4.78 is 38.4. The van der Waals surface area contributed by atoms with Gasteiger partial charge in [0.2, 0.25) is 10.0 Å². The average Bonchev–Trinajstić information content (AvgIpc) is 2.31. The first-order chi connectivity index (χ1) is 8.43. The first kappa shape index (κ1) is 15.4. The Balaban J connectivity index is 2.39. The van der Waals surface area contributed by atoms with Crippen molar-refractivity contribution in [1.82, 2.24) is 4.72 Å². The average molecular weight is 294 g/mol. The van der Waals surface area contributed by atoms with Crippen LogP contribution in [0.2, 0.25) is 0 Å². The molecular formula is C12H17ClFNO2S. The quantitative estimate of drug-likeness (QED) is 0.783. The van der Waals surface area contributed by atoms with Crippen molar-refractivity contribution in [2.75, 3.05) is 18.2 Å². The van der Waals surface area contributed by atoms with Crippen LogP contribution in [0.4, 0.5) is 4.39 Å². The third-order valence-corrected chi connectivity index (χ3v) is 4.59. The zero-order valence-electron chi connectivity index (χ0n) is 10.2. The molecule has 0 aromatic heterocycles. The molecule has 0 radical (unpaired) electrons. The Labute approximate surface area is 112 Å². The normalized spacial score (nSPS) is 13.5. The van der Waals surface area contributed by atoms with Gasteiger partial charge in [-0.15, -0.1) is 11.6 Å². The molecule has 1 atom stereocenters. The van der Waals surface area contributed by atoms with Crippen molar-refractivity contribution >= 4 is 21.6 Å². The Bertz CT molecular complexity index is 461. The molecule has 0 aliphatic carbocycles. The molecule has 0 amide bonds. The van der Waals surface area contributed by atoms with Crippen LogP contribution in [0.15, 0.2) is 24.3 Å². The first-order valence-electron chi connectivity index (χ1n) is 5.70. The van der Waals surface area contributed by atoms with Crippen molar-refractivity contribution in [2.45, 2.75) is 13.3 Å². The number of nitrogens with one attached hydrogen (secondary N) is 1. The molecule has 0 aliphatic heterocycles. The van der Waals surface area contributed by atoms with Crippen molar-refractivity contribution in [2.24, 2.45) is 5.92 Å². The second-order valence-corrected chi connectivity index (χ2v) is 6.47. The molecule has 0 heterocycles. The Morgan fingerprint density at radius 3 is 2.50 bits per heavy atom. The molecule has 6 heteroatoms. The van der Waals surface area contributed by atoms with E-state index in [0.717, 1.165) is 5.56 Å². The van der Waals surface area contributed by atoms with Gasteiger partial charge in [0.25, 0.3) is 0 Å². The van der Waals surface area contributed by atoms with Crippen LogP contribution in [-0.4, -0.2) is 26.6 Å². The van der Waals surface area contributed by atoms with Crippen molar-refractivity contribution in [3.63, 3.8) is 0 Å². The summed E-state index contributed by atoms with van der Waals surface area (Å²) in [4.78, 5) is 0. The predicted octanol–water partition coefficient (Wildman–Crippen LogP) is 2.16. The summed E-state index contributed by atoms with van der Waals surface area (Å²) in [5.41, 5.74) is 0.893. The highest BCUT2D eigenvalue weighted by Crippen LogP contribution is 2.04. The SMILES string of the molecule is CC(CCl)CS(=O)(=O)NCCc1ccc(F)cc1. The smallest absolute Gasteiger partial charge is 0.211 e. The lowest BCUT2D eigenvalue weighted by molar-refractivity contribution is 0.569. The zero-order valence-corrected chi connectivity index (χ0v) is 11.8. The van der Waals surface area contributed by atoms with E-state index in [9.17, 15) is 12.8 Å². The van der Waals surface area contributed by atoms with Crippen LogP contribution in [-0.2, 0) is 16.4 Å². The number of hydrogen-bond donors (Lipinski definition) is 1. The van der Waals surface area contributed by atoms with Gasteiger partial charge >= 0.3 is 0 Å². The fourth-order valence-corrected chi connectivity index (χ4v) is 3.12. The Morgan fingerprint density at radius 1 is 1.33 bits per heavy atom. The summed E-state index contributed by atoms with van der Waals surface area (Å²) in [6.07, 6.45) is 0.536. The van der Waals surface area contributed by atoms with Gasteiger partial charge in [0, 0.05) is 12.4 Å². The van der Waals surface area contributed by atoms with E-state index in [1.165, 1.54) is 12.1 Å². The summed E-state index contributed by atoms with van der Waals surface area (Å²) in [6.45, 7) is 2.09. The first-order valence-corrected chi connectivity index (χ1v) is 7.89.